The molecule has 0 aromatic carbocycles. The number of hydrogen-bond acceptors (Lipinski definition) is 1. The minimum absolute atomic E-state index is 0. The maximum atomic E-state index is 7.24. The van der Waals surface area contributed by atoms with Gasteiger partial charge in [-0.25, -0.2) is 0 Å². The molecule has 0 unspecified atom stereocenters. The zero-order valence-corrected chi connectivity index (χ0v) is 15.1. The quantitative estimate of drug-likeness (QED) is 0.436. The molecule has 0 aliphatic carbocycles. The number of aliphatic hydroxyl groups excluding tert-OH is 1. The van der Waals surface area contributed by atoms with E-state index in [4.69, 9.17) is 10.8 Å². The third-order valence-corrected chi connectivity index (χ3v) is 0. The van der Waals surface area contributed by atoms with E-state index in [0.29, 0.717) is 0 Å². The molecule has 0 saturated carbocycles. The Labute approximate surface area is 128 Å². The first-order valence-corrected chi connectivity index (χ1v) is 2.38. The Morgan fingerprint density at radius 2 is 1.00 bits per heavy atom. The molecule has 106 valence electrons. The van der Waals surface area contributed by atoms with Gasteiger partial charge in [0, 0.05) is 39.0 Å². The molecular formula is C9H26BrNORh2-8. The molecule has 0 aliphatic rings. The van der Waals surface area contributed by atoms with E-state index in [1.807, 2.05) is 12.3 Å². The van der Waals surface area contributed by atoms with E-state index >= 15 is 0 Å². The molecule has 0 bridgehead atoms. The summed E-state index contributed by atoms with van der Waals surface area (Å²) in [4.78, 5) is 0. The molecule has 0 aromatic rings. The Morgan fingerprint density at radius 1 is 1.00 bits per heavy atom. The van der Waals surface area contributed by atoms with Gasteiger partial charge in [0.05, 0.1) is 0 Å². The summed E-state index contributed by atoms with van der Waals surface area (Å²) in [6.07, 6.45) is 0. The first-order chi connectivity index (χ1) is 2.83. The van der Waals surface area contributed by atoms with Gasteiger partial charge in [-0.2, -0.15) is 6.92 Å². The second kappa shape index (κ2) is 205. The van der Waals surface area contributed by atoms with Crippen LogP contribution in [0.2, 0.25) is 0 Å². The average molecular weight is 450 g/mol. The van der Waals surface area contributed by atoms with Gasteiger partial charge in [-0.1, -0.05) is 0 Å². The van der Waals surface area contributed by atoms with E-state index in [9.17, 15) is 0 Å². The topological polar surface area (TPSA) is 44.0 Å². The molecule has 0 saturated heterocycles. The standard InChI is InChI=1S/C2H4Br.CH4NO.6CH3.2Rh/c1-2-3;2-1-3;;;;;;;;/h2H,1H3;2-3H,1H2;6*1H3;;/q8*-1;;. The summed E-state index contributed by atoms with van der Waals surface area (Å²) in [5.74, 6) is 0. The molecule has 0 amide bonds. The van der Waals surface area contributed by atoms with Crippen LogP contribution in [0.5, 0.6) is 0 Å². The molecule has 2 N–H and O–H groups in total. The van der Waals surface area contributed by atoms with Gasteiger partial charge in [-0.15, -0.1) is 0 Å². The van der Waals surface area contributed by atoms with Crippen molar-refractivity contribution in [3.05, 3.63) is 55.6 Å². The Hall–Kier alpha value is 1.65. The third kappa shape index (κ3) is 805. The van der Waals surface area contributed by atoms with Crippen molar-refractivity contribution in [3.8, 4) is 0 Å². The maximum absolute atomic E-state index is 7.24. The van der Waals surface area contributed by atoms with E-state index in [1.165, 1.54) is 0 Å². The van der Waals surface area contributed by atoms with Crippen molar-refractivity contribution in [3.63, 3.8) is 0 Å². The van der Waals surface area contributed by atoms with Gasteiger partial charge in [0.1, 0.15) is 0 Å². The minimum Gasteiger partial charge on any atom is -0.655 e. The number of hydrogen-bond donors (Lipinski definition) is 1. The van der Waals surface area contributed by atoms with Gasteiger partial charge in [-0.05, 0) is 6.73 Å². The Balaban J connectivity index is -0.00000000182. The number of halogens is 1. The van der Waals surface area contributed by atoms with Crippen LogP contribution in [0.15, 0.2) is 0 Å². The normalized spacial score (nSPS) is 2.57. The fourth-order valence-electron chi connectivity index (χ4n) is 0. The Morgan fingerprint density at radius 3 is 1.00 bits per heavy atom. The van der Waals surface area contributed by atoms with Gasteiger partial charge < -0.3 is 71.3 Å². The predicted molar refractivity (Wildman–Crippen MR) is 68.8 cm³/mol. The van der Waals surface area contributed by atoms with Crippen molar-refractivity contribution in [1.29, 1.82) is 0 Å². The summed E-state index contributed by atoms with van der Waals surface area (Å²) in [6.45, 7) is 1.42. The van der Waals surface area contributed by atoms with Crippen molar-refractivity contribution in [2.45, 2.75) is 6.92 Å². The summed E-state index contributed by atoms with van der Waals surface area (Å²) >= 11 is 3.02. The minimum atomic E-state index is -0.500. The van der Waals surface area contributed by atoms with Gasteiger partial charge in [0.2, 0.25) is 0 Å². The van der Waals surface area contributed by atoms with Crippen molar-refractivity contribution < 1.29 is 44.1 Å². The fourth-order valence-corrected chi connectivity index (χ4v) is 0. The van der Waals surface area contributed by atoms with E-state index in [-0.39, 0.29) is 83.5 Å². The number of nitrogens with one attached hydrogen (secondary N) is 1. The second-order valence-corrected chi connectivity index (χ2v) is 1.29. The molecule has 0 aromatic heterocycles. The zero-order valence-electron chi connectivity index (χ0n) is 10.3. The molecule has 14 heavy (non-hydrogen) atoms. The Bertz CT molecular complexity index is 24.8. The van der Waals surface area contributed by atoms with Crippen LogP contribution in [-0.4, -0.2) is 11.8 Å². The summed E-state index contributed by atoms with van der Waals surface area (Å²) in [5, 5.41) is 9.05. The number of aliphatic hydroxyl groups is 1. The van der Waals surface area contributed by atoms with Crippen LogP contribution >= 0.6 is 15.9 Å². The van der Waals surface area contributed by atoms with Crippen molar-refractivity contribution in [2.75, 3.05) is 6.73 Å². The SMILES string of the molecule is C[CH-]Br.[CH3-].[CH3-].[CH3-].[CH3-].[CH3-].[CH3-].[NH-]CO.[Rh].[Rh]. The van der Waals surface area contributed by atoms with Gasteiger partial charge >= 0.3 is 0 Å². The summed E-state index contributed by atoms with van der Waals surface area (Å²) in [7, 11) is 0. The molecular weight excluding hydrogens is 424 g/mol. The molecule has 0 spiro atoms. The van der Waals surface area contributed by atoms with Gasteiger partial charge in [-0.3, -0.25) is 5.33 Å². The molecule has 0 aliphatic heterocycles. The van der Waals surface area contributed by atoms with Crippen LogP contribution < -0.4 is 0 Å². The predicted octanol–water partition coefficient (Wildman–Crippen LogP) is 4.25. The molecule has 0 fully saturated rings. The van der Waals surface area contributed by atoms with Crippen LogP contribution in [0, 0.1) is 49.9 Å². The van der Waals surface area contributed by atoms with E-state index in [1.54, 1.807) is 0 Å². The van der Waals surface area contributed by atoms with E-state index in [0.717, 1.165) is 0 Å². The second-order valence-electron chi connectivity index (χ2n) is 0.376. The third-order valence-electron chi connectivity index (χ3n) is 0. The Kier molecular flexibility index (Phi) is 1540. The molecule has 2 nitrogen and oxygen atoms in total. The van der Waals surface area contributed by atoms with Crippen LogP contribution in [0.4, 0.5) is 0 Å². The largest absolute Gasteiger partial charge is 0.655 e. The average Bonchev–Trinajstić information content (AvgIpc) is 1.39. The summed E-state index contributed by atoms with van der Waals surface area (Å²) in [5.41, 5.74) is 5.76. The summed E-state index contributed by atoms with van der Waals surface area (Å²) in [6, 6.07) is 0. The maximum Gasteiger partial charge on any atom is 0 e. The van der Waals surface area contributed by atoms with Crippen molar-refractivity contribution >= 4 is 15.9 Å². The molecule has 2 radical (unpaired) electrons. The first-order valence-electron chi connectivity index (χ1n) is 1.47. The zero-order chi connectivity index (χ0) is 5.41. The van der Waals surface area contributed by atoms with E-state index < -0.39 is 6.73 Å². The van der Waals surface area contributed by atoms with Crippen LogP contribution in [-0.2, 0) is 39.0 Å². The number of rotatable bonds is 0. The van der Waals surface area contributed by atoms with Crippen molar-refractivity contribution in [1.82, 2.24) is 0 Å². The van der Waals surface area contributed by atoms with E-state index in [2.05, 4.69) is 15.9 Å². The first kappa shape index (κ1) is 105. The molecule has 0 heterocycles. The van der Waals surface area contributed by atoms with Gasteiger partial charge in [0.15, 0.2) is 0 Å². The smallest absolute Gasteiger partial charge is 0 e. The summed E-state index contributed by atoms with van der Waals surface area (Å²) < 4.78 is 0. The molecule has 0 atom stereocenters. The monoisotopic (exact) mass is 449 g/mol. The van der Waals surface area contributed by atoms with Crippen LogP contribution in [0.25, 0.3) is 5.73 Å². The van der Waals surface area contributed by atoms with Crippen LogP contribution in [0.3, 0.4) is 0 Å². The van der Waals surface area contributed by atoms with Gasteiger partial charge in [0.25, 0.3) is 0 Å². The fraction of sp³-hybridized carbons (Fsp3) is 0.222. The molecule has 5 heteroatoms. The van der Waals surface area contributed by atoms with Crippen molar-refractivity contribution in [2.24, 2.45) is 0 Å². The van der Waals surface area contributed by atoms with Crippen LogP contribution in [0.1, 0.15) is 6.92 Å². The molecule has 0 rings (SSSR count).